The number of aliphatic hydroxyl groups is 1. The third-order valence-corrected chi connectivity index (χ3v) is 3.93. The van der Waals surface area contributed by atoms with Gasteiger partial charge in [-0.25, -0.2) is 0 Å². The first-order valence-electron chi connectivity index (χ1n) is 7.29. The number of hydrogen-bond donors (Lipinski definition) is 4. The van der Waals surface area contributed by atoms with E-state index in [2.05, 4.69) is 10.5 Å². The molecule has 2 rings (SSSR count). The Hall–Kier alpha value is -1.79. The first-order valence-corrected chi connectivity index (χ1v) is 7.29. The second-order valence-corrected chi connectivity index (χ2v) is 5.29. The van der Waals surface area contributed by atoms with Gasteiger partial charge in [0.25, 0.3) is 0 Å². The van der Waals surface area contributed by atoms with E-state index in [1.807, 2.05) is 0 Å². The molecule has 0 spiro atoms. The van der Waals surface area contributed by atoms with Gasteiger partial charge in [-0.05, 0) is 43.0 Å². The van der Waals surface area contributed by atoms with Crippen LogP contribution in [0.3, 0.4) is 0 Å². The second kappa shape index (κ2) is 7.85. The van der Waals surface area contributed by atoms with Crippen molar-refractivity contribution >= 4 is 5.84 Å². The highest BCUT2D eigenvalue weighted by atomic mass is 16.5. The van der Waals surface area contributed by atoms with Crippen LogP contribution in [0.2, 0.25) is 0 Å². The molecule has 0 radical (unpaired) electrons. The number of ether oxygens (including phenoxy) is 1. The molecule has 5 N–H and O–H groups in total. The van der Waals surface area contributed by atoms with Crippen molar-refractivity contribution in [1.29, 1.82) is 0 Å². The van der Waals surface area contributed by atoms with Gasteiger partial charge in [-0.15, -0.1) is 0 Å². The third kappa shape index (κ3) is 4.34. The van der Waals surface area contributed by atoms with E-state index in [0.717, 1.165) is 25.1 Å². The number of nitrogens with one attached hydrogen (secondary N) is 1. The van der Waals surface area contributed by atoms with Gasteiger partial charge in [0.15, 0.2) is 5.84 Å². The molecular weight excluding hydrogens is 270 g/mol. The van der Waals surface area contributed by atoms with Crippen LogP contribution in [0.5, 0.6) is 5.75 Å². The fourth-order valence-electron chi connectivity index (χ4n) is 2.72. The summed E-state index contributed by atoms with van der Waals surface area (Å²) in [5, 5.41) is 24.2. The van der Waals surface area contributed by atoms with Crippen LogP contribution in [-0.4, -0.2) is 41.9 Å². The van der Waals surface area contributed by atoms with Crippen molar-refractivity contribution in [3.63, 3.8) is 0 Å². The zero-order chi connectivity index (χ0) is 15.1. The number of nitrogens with two attached hydrogens (primary N) is 1. The molecule has 0 aliphatic heterocycles. The van der Waals surface area contributed by atoms with E-state index in [-0.39, 0.29) is 12.4 Å². The van der Waals surface area contributed by atoms with Crippen LogP contribution in [0.1, 0.15) is 24.8 Å². The minimum atomic E-state index is 0.0829. The molecule has 1 aromatic rings. The standard InChI is InChI=1S/C15H23N3O3/c16-15(18-20)11-4-6-13(7-5-11)21-9-8-17-14-3-1-2-12(14)10-19/h4-7,12,14,17,19-20H,1-3,8-10H2,(H2,16,18). The van der Waals surface area contributed by atoms with Crippen LogP contribution < -0.4 is 15.8 Å². The molecule has 1 aliphatic rings. The van der Waals surface area contributed by atoms with Crippen LogP contribution in [0.25, 0.3) is 0 Å². The fourth-order valence-corrected chi connectivity index (χ4v) is 2.72. The maximum atomic E-state index is 9.25. The van der Waals surface area contributed by atoms with Gasteiger partial charge in [-0.1, -0.05) is 11.6 Å². The van der Waals surface area contributed by atoms with Gasteiger partial charge in [-0.3, -0.25) is 0 Å². The summed E-state index contributed by atoms with van der Waals surface area (Å²) in [7, 11) is 0. The van der Waals surface area contributed by atoms with Crippen molar-refractivity contribution in [1.82, 2.24) is 5.32 Å². The highest BCUT2D eigenvalue weighted by Gasteiger charge is 2.25. The molecule has 21 heavy (non-hydrogen) atoms. The molecule has 0 amide bonds. The lowest BCUT2D eigenvalue weighted by molar-refractivity contribution is 0.201. The summed E-state index contributed by atoms with van der Waals surface area (Å²) in [6.45, 7) is 1.58. The van der Waals surface area contributed by atoms with E-state index in [4.69, 9.17) is 15.7 Å². The molecule has 0 heterocycles. The fraction of sp³-hybridized carbons (Fsp3) is 0.533. The summed E-state index contributed by atoms with van der Waals surface area (Å²) in [5.74, 6) is 1.21. The van der Waals surface area contributed by atoms with Crippen molar-refractivity contribution in [2.75, 3.05) is 19.8 Å². The number of amidine groups is 1. The molecule has 1 aromatic carbocycles. The Morgan fingerprint density at radius 1 is 1.33 bits per heavy atom. The molecular formula is C15H23N3O3. The van der Waals surface area contributed by atoms with E-state index in [0.29, 0.717) is 24.1 Å². The maximum absolute atomic E-state index is 9.25. The Balaban J connectivity index is 1.71. The van der Waals surface area contributed by atoms with Gasteiger partial charge in [0.05, 0.1) is 0 Å². The Bertz CT molecular complexity index is 462. The molecule has 1 fully saturated rings. The number of aliphatic hydroxyl groups excluding tert-OH is 1. The van der Waals surface area contributed by atoms with Crippen LogP contribution in [0.4, 0.5) is 0 Å². The van der Waals surface area contributed by atoms with E-state index < -0.39 is 0 Å². The number of oxime groups is 1. The smallest absolute Gasteiger partial charge is 0.170 e. The van der Waals surface area contributed by atoms with Gasteiger partial charge < -0.3 is 26.1 Å². The van der Waals surface area contributed by atoms with Gasteiger partial charge >= 0.3 is 0 Å². The van der Waals surface area contributed by atoms with Crippen LogP contribution in [0.15, 0.2) is 29.4 Å². The molecule has 116 valence electrons. The lowest BCUT2D eigenvalue weighted by Gasteiger charge is -2.19. The normalized spacial score (nSPS) is 22.4. The molecule has 2 unspecified atom stereocenters. The molecule has 0 bridgehead atoms. The zero-order valence-electron chi connectivity index (χ0n) is 12.0. The lowest BCUT2D eigenvalue weighted by atomic mass is 10.1. The van der Waals surface area contributed by atoms with Crippen molar-refractivity contribution in [3.8, 4) is 5.75 Å². The summed E-state index contributed by atoms with van der Waals surface area (Å²) in [6, 6.07) is 7.48. The number of nitrogens with zero attached hydrogens (tertiary/aromatic N) is 1. The molecule has 0 aromatic heterocycles. The predicted molar refractivity (Wildman–Crippen MR) is 80.7 cm³/mol. The largest absolute Gasteiger partial charge is 0.492 e. The van der Waals surface area contributed by atoms with Crippen LogP contribution in [0, 0.1) is 5.92 Å². The average Bonchev–Trinajstić information content (AvgIpc) is 2.99. The number of rotatable bonds is 7. The number of benzene rings is 1. The third-order valence-electron chi connectivity index (χ3n) is 3.93. The first kappa shape index (κ1) is 15.6. The van der Waals surface area contributed by atoms with Crippen molar-refractivity contribution < 1.29 is 15.1 Å². The molecule has 6 nitrogen and oxygen atoms in total. The minimum Gasteiger partial charge on any atom is -0.492 e. The highest BCUT2D eigenvalue weighted by molar-refractivity contribution is 5.97. The Kier molecular flexibility index (Phi) is 5.83. The quantitative estimate of drug-likeness (QED) is 0.197. The summed E-state index contributed by atoms with van der Waals surface area (Å²) in [4.78, 5) is 0. The lowest BCUT2D eigenvalue weighted by Crippen LogP contribution is -2.36. The van der Waals surface area contributed by atoms with E-state index >= 15 is 0 Å². The van der Waals surface area contributed by atoms with Gasteiger partial charge in [0.1, 0.15) is 12.4 Å². The molecule has 6 heteroatoms. The van der Waals surface area contributed by atoms with Gasteiger partial charge in [0, 0.05) is 24.8 Å². The topological polar surface area (TPSA) is 100 Å². The molecule has 1 aliphatic carbocycles. The Morgan fingerprint density at radius 2 is 2.10 bits per heavy atom. The predicted octanol–water partition coefficient (Wildman–Crippen LogP) is 0.910. The summed E-state index contributed by atoms with van der Waals surface area (Å²) >= 11 is 0. The van der Waals surface area contributed by atoms with Gasteiger partial charge in [-0.2, -0.15) is 0 Å². The summed E-state index contributed by atoms with van der Waals surface area (Å²) < 4.78 is 5.63. The maximum Gasteiger partial charge on any atom is 0.170 e. The number of hydrogen-bond acceptors (Lipinski definition) is 5. The first-order chi connectivity index (χ1) is 10.2. The minimum absolute atomic E-state index is 0.0829. The monoisotopic (exact) mass is 293 g/mol. The van der Waals surface area contributed by atoms with Gasteiger partial charge in [0.2, 0.25) is 0 Å². The SMILES string of the molecule is N/C(=N/O)c1ccc(OCCNC2CCCC2CO)cc1. The van der Waals surface area contributed by atoms with Crippen LogP contribution >= 0.6 is 0 Å². The van der Waals surface area contributed by atoms with E-state index in [9.17, 15) is 5.11 Å². The van der Waals surface area contributed by atoms with E-state index in [1.165, 1.54) is 6.42 Å². The zero-order valence-corrected chi connectivity index (χ0v) is 12.0. The van der Waals surface area contributed by atoms with Crippen molar-refractivity contribution in [2.24, 2.45) is 16.8 Å². The van der Waals surface area contributed by atoms with Crippen molar-refractivity contribution in [3.05, 3.63) is 29.8 Å². The Labute approximate surface area is 124 Å². The molecule has 2 atom stereocenters. The Morgan fingerprint density at radius 3 is 2.76 bits per heavy atom. The highest BCUT2D eigenvalue weighted by Crippen LogP contribution is 2.24. The second-order valence-electron chi connectivity index (χ2n) is 5.29. The van der Waals surface area contributed by atoms with Crippen LogP contribution in [-0.2, 0) is 0 Å². The van der Waals surface area contributed by atoms with Crippen molar-refractivity contribution in [2.45, 2.75) is 25.3 Å². The van der Waals surface area contributed by atoms with E-state index in [1.54, 1.807) is 24.3 Å². The summed E-state index contributed by atoms with van der Waals surface area (Å²) in [6.07, 6.45) is 3.41. The average molecular weight is 293 g/mol. The molecule has 1 saturated carbocycles. The summed E-state index contributed by atoms with van der Waals surface area (Å²) in [5.41, 5.74) is 6.14. The molecule has 0 saturated heterocycles.